The number of hydrogen-bond acceptors (Lipinski definition) is 4. The van der Waals surface area contributed by atoms with Crippen molar-refractivity contribution in [1.82, 2.24) is 9.97 Å². The third-order valence-electron chi connectivity index (χ3n) is 3.02. The molecule has 0 saturated heterocycles. The van der Waals surface area contributed by atoms with Gasteiger partial charge in [-0.3, -0.25) is 9.97 Å². The van der Waals surface area contributed by atoms with E-state index in [9.17, 15) is 0 Å². The van der Waals surface area contributed by atoms with Crippen LogP contribution in [0.25, 0.3) is 10.9 Å². The summed E-state index contributed by atoms with van der Waals surface area (Å²) >= 11 is 6.19. The predicted octanol–water partition coefficient (Wildman–Crippen LogP) is 4.07. The molecule has 0 amide bonds. The molecule has 0 saturated carbocycles. The van der Waals surface area contributed by atoms with Crippen molar-refractivity contribution in [3.63, 3.8) is 0 Å². The SMILES string of the molecule is CNc1cncc(Nc2ccc(Cl)c3cccnc23)c1. The molecular weight excluding hydrogens is 272 g/mol. The molecule has 0 aliphatic heterocycles. The molecule has 0 spiro atoms. The number of benzene rings is 1. The molecule has 4 nitrogen and oxygen atoms in total. The molecule has 3 rings (SSSR count). The Morgan fingerprint density at radius 2 is 1.95 bits per heavy atom. The molecule has 0 aliphatic carbocycles. The van der Waals surface area contributed by atoms with Crippen molar-refractivity contribution in [1.29, 1.82) is 0 Å². The Morgan fingerprint density at radius 1 is 1.10 bits per heavy atom. The van der Waals surface area contributed by atoms with Crippen LogP contribution in [0, 0.1) is 0 Å². The lowest BCUT2D eigenvalue weighted by atomic mass is 10.2. The Labute approximate surface area is 121 Å². The van der Waals surface area contributed by atoms with E-state index in [2.05, 4.69) is 20.6 Å². The Kier molecular flexibility index (Phi) is 3.39. The van der Waals surface area contributed by atoms with Crippen LogP contribution < -0.4 is 10.6 Å². The highest BCUT2D eigenvalue weighted by atomic mass is 35.5. The fourth-order valence-corrected chi connectivity index (χ4v) is 2.25. The summed E-state index contributed by atoms with van der Waals surface area (Å²) in [5.74, 6) is 0. The van der Waals surface area contributed by atoms with E-state index in [4.69, 9.17) is 11.6 Å². The minimum absolute atomic E-state index is 0.695. The van der Waals surface area contributed by atoms with Crippen molar-refractivity contribution in [2.75, 3.05) is 17.7 Å². The number of nitrogens with one attached hydrogen (secondary N) is 2. The van der Waals surface area contributed by atoms with Crippen LogP contribution in [0.2, 0.25) is 5.02 Å². The molecule has 5 heteroatoms. The van der Waals surface area contributed by atoms with Crippen molar-refractivity contribution < 1.29 is 0 Å². The van der Waals surface area contributed by atoms with Crippen LogP contribution in [0.1, 0.15) is 0 Å². The average molecular weight is 285 g/mol. The first kappa shape index (κ1) is 12.7. The van der Waals surface area contributed by atoms with E-state index in [-0.39, 0.29) is 0 Å². The number of hydrogen-bond donors (Lipinski definition) is 2. The molecular formula is C15H13ClN4. The highest BCUT2D eigenvalue weighted by Crippen LogP contribution is 2.30. The number of nitrogens with zero attached hydrogens (tertiary/aromatic N) is 2. The van der Waals surface area contributed by atoms with Crippen molar-refractivity contribution in [2.45, 2.75) is 0 Å². The van der Waals surface area contributed by atoms with Gasteiger partial charge in [-0.15, -0.1) is 0 Å². The van der Waals surface area contributed by atoms with Crippen LogP contribution >= 0.6 is 11.6 Å². The van der Waals surface area contributed by atoms with Gasteiger partial charge in [0.2, 0.25) is 0 Å². The molecule has 2 N–H and O–H groups in total. The van der Waals surface area contributed by atoms with Gasteiger partial charge >= 0.3 is 0 Å². The summed E-state index contributed by atoms with van der Waals surface area (Å²) in [7, 11) is 1.86. The van der Waals surface area contributed by atoms with E-state index in [1.165, 1.54) is 0 Å². The van der Waals surface area contributed by atoms with Gasteiger partial charge in [0, 0.05) is 18.6 Å². The third-order valence-corrected chi connectivity index (χ3v) is 3.35. The first-order valence-electron chi connectivity index (χ1n) is 6.21. The normalized spacial score (nSPS) is 10.5. The number of halogens is 1. The van der Waals surface area contributed by atoms with Crippen molar-refractivity contribution >= 4 is 39.6 Å². The van der Waals surface area contributed by atoms with Gasteiger partial charge < -0.3 is 10.6 Å². The van der Waals surface area contributed by atoms with Crippen LogP contribution in [-0.4, -0.2) is 17.0 Å². The van der Waals surface area contributed by atoms with E-state index in [1.54, 1.807) is 18.6 Å². The van der Waals surface area contributed by atoms with E-state index in [0.717, 1.165) is 28.0 Å². The minimum atomic E-state index is 0.695. The molecule has 0 fully saturated rings. The van der Waals surface area contributed by atoms with Crippen LogP contribution in [0.3, 0.4) is 0 Å². The molecule has 3 aromatic rings. The summed E-state index contributed by atoms with van der Waals surface area (Å²) in [6.45, 7) is 0. The summed E-state index contributed by atoms with van der Waals surface area (Å²) in [6, 6.07) is 9.60. The number of fused-ring (bicyclic) bond motifs is 1. The zero-order valence-corrected chi connectivity index (χ0v) is 11.6. The maximum atomic E-state index is 6.19. The topological polar surface area (TPSA) is 49.8 Å². The predicted molar refractivity (Wildman–Crippen MR) is 83.8 cm³/mol. The van der Waals surface area contributed by atoms with Crippen molar-refractivity contribution in [3.05, 3.63) is 53.9 Å². The summed E-state index contributed by atoms with van der Waals surface area (Å²) in [6.07, 6.45) is 5.29. The number of aromatic nitrogens is 2. The van der Waals surface area contributed by atoms with Gasteiger partial charge in [-0.05, 0) is 30.3 Å². The number of anilines is 3. The molecule has 100 valence electrons. The lowest BCUT2D eigenvalue weighted by molar-refractivity contribution is 1.30. The fraction of sp³-hybridized carbons (Fsp3) is 0.0667. The second-order valence-electron chi connectivity index (χ2n) is 4.33. The zero-order valence-electron chi connectivity index (χ0n) is 10.9. The van der Waals surface area contributed by atoms with E-state index < -0.39 is 0 Å². The average Bonchev–Trinajstić information content (AvgIpc) is 2.51. The maximum Gasteiger partial charge on any atom is 0.0951 e. The molecule has 0 atom stereocenters. The summed E-state index contributed by atoms with van der Waals surface area (Å²) in [4.78, 5) is 8.58. The van der Waals surface area contributed by atoms with Gasteiger partial charge in [0.25, 0.3) is 0 Å². The number of rotatable bonds is 3. The van der Waals surface area contributed by atoms with Gasteiger partial charge in [0.1, 0.15) is 0 Å². The fourth-order valence-electron chi connectivity index (χ4n) is 2.04. The smallest absolute Gasteiger partial charge is 0.0951 e. The standard InChI is InChI=1S/C15H13ClN4/c1-17-10-7-11(9-18-8-10)20-14-5-4-13(16)12-3-2-6-19-15(12)14/h2-9,17,20H,1H3. The third kappa shape index (κ3) is 2.38. The van der Waals surface area contributed by atoms with Crippen LogP contribution in [0.15, 0.2) is 48.9 Å². The molecule has 1 aromatic carbocycles. The van der Waals surface area contributed by atoms with Crippen molar-refractivity contribution in [3.8, 4) is 0 Å². The first-order valence-corrected chi connectivity index (χ1v) is 6.59. The molecule has 0 bridgehead atoms. The van der Waals surface area contributed by atoms with E-state index >= 15 is 0 Å². The quantitative estimate of drug-likeness (QED) is 0.761. The summed E-state index contributed by atoms with van der Waals surface area (Å²) < 4.78 is 0. The first-order chi connectivity index (χ1) is 9.78. The van der Waals surface area contributed by atoms with Gasteiger partial charge in [0.15, 0.2) is 0 Å². The maximum absolute atomic E-state index is 6.19. The number of pyridine rings is 2. The molecule has 0 unspecified atom stereocenters. The lowest BCUT2D eigenvalue weighted by Crippen LogP contribution is -1.96. The summed E-state index contributed by atoms with van der Waals surface area (Å²) in [5, 5.41) is 8.01. The molecule has 0 aliphatic rings. The van der Waals surface area contributed by atoms with Crippen LogP contribution in [-0.2, 0) is 0 Å². The Morgan fingerprint density at radius 3 is 2.80 bits per heavy atom. The second kappa shape index (κ2) is 5.35. The van der Waals surface area contributed by atoms with Gasteiger partial charge in [-0.2, -0.15) is 0 Å². The van der Waals surface area contributed by atoms with Crippen LogP contribution in [0.5, 0.6) is 0 Å². The molecule has 0 radical (unpaired) electrons. The Balaban J connectivity index is 2.04. The van der Waals surface area contributed by atoms with E-state index in [0.29, 0.717) is 5.02 Å². The zero-order chi connectivity index (χ0) is 13.9. The van der Waals surface area contributed by atoms with Gasteiger partial charge in [0.05, 0.1) is 40.0 Å². The lowest BCUT2D eigenvalue weighted by Gasteiger charge is -2.10. The minimum Gasteiger partial charge on any atom is -0.387 e. The highest BCUT2D eigenvalue weighted by Gasteiger charge is 2.06. The molecule has 20 heavy (non-hydrogen) atoms. The van der Waals surface area contributed by atoms with E-state index in [1.807, 2.05) is 37.4 Å². The largest absolute Gasteiger partial charge is 0.387 e. The molecule has 2 heterocycles. The van der Waals surface area contributed by atoms with Gasteiger partial charge in [-0.1, -0.05) is 11.6 Å². The Hall–Kier alpha value is -2.33. The van der Waals surface area contributed by atoms with Gasteiger partial charge in [-0.25, -0.2) is 0 Å². The monoisotopic (exact) mass is 284 g/mol. The Bertz CT molecular complexity index is 758. The van der Waals surface area contributed by atoms with Crippen LogP contribution in [0.4, 0.5) is 17.1 Å². The molecule has 2 aromatic heterocycles. The van der Waals surface area contributed by atoms with Crippen molar-refractivity contribution in [2.24, 2.45) is 0 Å². The highest BCUT2D eigenvalue weighted by molar-refractivity contribution is 6.35. The second-order valence-corrected chi connectivity index (χ2v) is 4.74. The summed E-state index contributed by atoms with van der Waals surface area (Å²) in [5.41, 5.74) is 3.59.